The standard InChI is InChI=1S/C58H73N7O11S3/c1-57(2)51(64(32-15-6-9-23-53(66)61-30-28-59)49-26-24-42-17-10-12-19-47(42)54(49)57)21-7-5-8-22-52-58(3,4)55-48-20-13-11-18-43(48)25-27-50(55)65(52)33-16-14-29-62-56(67)44-39-45(60-31-36-77(68,69)70)41-46(40-44)63(34-37-78(71,72)73)35-38-79(74,75)76/h5,7-8,10-13,17-22,24-27,39-41,60H,6,9,14-16,23,28-38,59H2,1-4H3,(H4-,61,62,66,67,68,69,70,71,72,73,74,75,76)/p+1. The largest absolute Gasteiger partial charge is 0.384 e. The summed E-state index contributed by atoms with van der Waals surface area (Å²) in [5, 5.41) is 13.4. The highest BCUT2D eigenvalue weighted by atomic mass is 32.2. The lowest BCUT2D eigenvalue weighted by Gasteiger charge is -2.27. The van der Waals surface area contributed by atoms with E-state index in [1.165, 1.54) is 61.8 Å². The molecule has 2 aliphatic rings. The molecule has 79 heavy (non-hydrogen) atoms. The molecule has 0 unspecified atom stereocenters. The molecule has 0 saturated heterocycles. The van der Waals surface area contributed by atoms with Gasteiger partial charge in [0.05, 0.1) is 22.7 Å². The number of fused-ring (bicyclic) bond motifs is 6. The molecule has 0 radical (unpaired) electrons. The van der Waals surface area contributed by atoms with Gasteiger partial charge < -0.3 is 31.5 Å². The Morgan fingerprint density at radius 1 is 0.671 bits per heavy atom. The molecule has 21 heteroatoms. The fraction of sp³-hybridized carbons (Fsp3) is 0.397. The summed E-state index contributed by atoms with van der Waals surface area (Å²) in [7, 11) is -13.4. The summed E-state index contributed by atoms with van der Waals surface area (Å²) in [6.45, 7) is 10.6. The van der Waals surface area contributed by atoms with Gasteiger partial charge in [0, 0.05) is 110 Å². The Morgan fingerprint density at radius 3 is 1.97 bits per heavy atom. The van der Waals surface area contributed by atoms with E-state index in [-0.39, 0.29) is 46.8 Å². The number of allylic oxidation sites excluding steroid dienone is 6. The average molecular weight is 1140 g/mol. The van der Waals surface area contributed by atoms with Crippen LogP contribution in [0.4, 0.5) is 22.7 Å². The molecule has 0 aliphatic carbocycles. The van der Waals surface area contributed by atoms with Gasteiger partial charge in [-0.3, -0.25) is 23.2 Å². The molecule has 7 rings (SSSR count). The fourth-order valence-electron chi connectivity index (χ4n) is 10.8. The predicted molar refractivity (Wildman–Crippen MR) is 316 cm³/mol. The Balaban J connectivity index is 1.10. The van der Waals surface area contributed by atoms with Gasteiger partial charge in [-0.1, -0.05) is 86.7 Å². The van der Waals surface area contributed by atoms with E-state index in [0.29, 0.717) is 38.9 Å². The molecule has 2 amide bonds. The van der Waals surface area contributed by atoms with Crippen LogP contribution in [0, 0.1) is 0 Å². The molecule has 424 valence electrons. The lowest BCUT2D eigenvalue weighted by atomic mass is 9.79. The Bertz CT molecular complexity index is 3500. The molecule has 2 heterocycles. The van der Waals surface area contributed by atoms with Crippen molar-refractivity contribution in [1.82, 2.24) is 10.6 Å². The number of carbonyl (C=O) groups excluding carboxylic acids is 2. The Labute approximate surface area is 464 Å². The summed E-state index contributed by atoms with van der Waals surface area (Å²) in [5.74, 6) is -2.76. The van der Waals surface area contributed by atoms with Crippen molar-refractivity contribution in [2.75, 3.05) is 84.7 Å². The van der Waals surface area contributed by atoms with E-state index in [2.05, 4.69) is 150 Å². The van der Waals surface area contributed by atoms with Crippen LogP contribution in [0.2, 0.25) is 0 Å². The van der Waals surface area contributed by atoms with Crippen LogP contribution in [0.3, 0.4) is 0 Å². The van der Waals surface area contributed by atoms with Crippen LogP contribution in [0.15, 0.2) is 127 Å². The van der Waals surface area contributed by atoms with Gasteiger partial charge in [0.2, 0.25) is 11.6 Å². The highest BCUT2D eigenvalue weighted by Crippen LogP contribution is 2.51. The maximum atomic E-state index is 13.8. The number of unbranched alkanes of at least 4 members (excludes halogenated alkanes) is 3. The van der Waals surface area contributed by atoms with Gasteiger partial charge in [0.25, 0.3) is 36.3 Å². The van der Waals surface area contributed by atoms with Crippen LogP contribution in [-0.2, 0) is 46.0 Å². The van der Waals surface area contributed by atoms with Crippen LogP contribution >= 0.6 is 0 Å². The van der Waals surface area contributed by atoms with Crippen LogP contribution in [0.5, 0.6) is 0 Å². The van der Waals surface area contributed by atoms with Crippen LogP contribution < -0.4 is 31.5 Å². The van der Waals surface area contributed by atoms with E-state index in [0.717, 1.165) is 42.6 Å². The molecule has 0 spiro atoms. The predicted octanol–water partition coefficient (Wildman–Crippen LogP) is 7.89. The molecular formula is C58H74N7O11S3+. The zero-order valence-electron chi connectivity index (χ0n) is 45.3. The SMILES string of the molecule is CC1(C)C(/C=C/C=C/C=C2/N(CCCCNC(=O)c3cc(NCCS(=O)(=O)O)cc(N(CCS(=O)(=O)O)CCS(=O)(=O)O)c3)c3ccc4ccccc4c3C2(C)C)=[N+](CCCCCC(=O)NCCN)c2ccc3ccccc3c21. The first-order valence-corrected chi connectivity index (χ1v) is 31.5. The van der Waals surface area contributed by atoms with Gasteiger partial charge in [0.1, 0.15) is 6.54 Å². The number of rotatable bonds is 28. The Morgan fingerprint density at radius 2 is 1.32 bits per heavy atom. The maximum Gasteiger partial charge on any atom is 0.266 e. The summed E-state index contributed by atoms with van der Waals surface area (Å²) >= 11 is 0. The minimum absolute atomic E-state index is 0.0310. The number of hydrogen-bond donors (Lipinski definition) is 7. The van der Waals surface area contributed by atoms with Gasteiger partial charge in [-0.05, 0) is 103 Å². The van der Waals surface area contributed by atoms with Crippen LogP contribution in [-0.4, -0.2) is 131 Å². The van der Waals surface area contributed by atoms with Gasteiger partial charge in [-0.25, -0.2) is 0 Å². The molecule has 0 saturated carbocycles. The number of benzene rings is 5. The van der Waals surface area contributed by atoms with E-state index in [1.54, 1.807) is 0 Å². The molecule has 8 N–H and O–H groups in total. The lowest BCUT2D eigenvalue weighted by Crippen LogP contribution is -2.34. The summed E-state index contributed by atoms with van der Waals surface area (Å²) in [6.07, 6.45) is 15.0. The Hall–Kier alpha value is -6.46. The van der Waals surface area contributed by atoms with Crippen molar-refractivity contribution in [2.45, 2.75) is 77.0 Å². The third-order valence-electron chi connectivity index (χ3n) is 14.6. The number of nitrogens with two attached hydrogens (primary N) is 1. The summed E-state index contributed by atoms with van der Waals surface area (Å²) < 4.78 is 100. The zero-order chi connectivity index (χ0) is 57.2. The summed E-state index contributed by atoms with van der Waals surface area (Å²) in [4.78, 5) is 29.7. The normalized spacial score (nSPS) is 15.6. The van der Waals surface area contributed by atoms with Crippen molar-refractivity contribution in [1.29, 1.82) is 0 Å². The monoisotopic (exact) mass is 1140 g/mol. The van der Waals surface area contributed by atoms with Crippen molar-refractivity contribution in [3.05, 3.63) is 144 Å². The van der Waals surface area contributed by atoms with Crippen molar-refractivity contribution in [2.24, 2.45) is 5.73 Å². The van der Waals surface area contributed by atoms with E-state index in [9.17, 15) is 48.5 Å². The molecule has 2 aliphatic heterocycles. The highest BCUT2D eigenvalue weighted by molar-refractivity contribution is 7.86. The number of nitrogens with one attached hydrogen (secondary N) is 3. The second-order valence-electron chi connectivity index (χ2n) is 21.0. The van der Waals surface area contributed by atoms with Gasteiger partial charge in [-0.2, -0.15) is 29.8 Å². The summed E-state index contributed by atoms with van der Waals surface area (Å²) in [5.41, 5.74) is 12.4. The Kier molecular flexibility index (Phi) is 19.6. The average Bonchev–Trinajstić information content (AvgIpc) is 3.78. The third kappa shape index (κ3) is 15.7. The second-order valence-corrected chi connectivity index (χ2v) is 25.8. The molecule has 0 atom stereocenters. The quantitative estimate of drug-likeness (QED) is 0.0109. The second kappa shape index (κ2) is 25.8. The number of hydrogen-bond acceptors (Lipinski definition) is 12. The summed E-state index contributed by atoms with van der Waals surface area (Å²) in [6, 6.07) is 29.9. The highest BCUT2D eigenvalue weighted by Gasteiger charge is 2.45. The smallest absolute Gasteiger partial charge is 0.266 e. The first kappa shape index (κ1) is 60.2. The van der Waals surface area contributed by atoms with Gasteiger partial charge in [0.15, 0.2) is 5.71 Å². The minimum atomic E-state index is -4.51. The fourth-order valence-corrected chi connectivity index (χ4v) is 12.1. The molecule has 0 fully saturated rings. The van der Waals surface area contributed by atoms with Crippen molar-refractivity contribution >= 4 is 92.2 Å². The first-order valence-electron chi connectivity index (χ1n) is 26.6. The van der Waals surface area contributed by atoms with E-state index < -0.39 is 66.6 Å². The molecular weight excluding hydrogens is 1070 g/mol. The van der Waals surface area contributed by atoms with Gasteiger partial charge >= 0.3 is 0 Å². The van der Waals surface area contributed by atoms with E-state index in [1.807, 2.05) is 6.07 Å². The lowest BCUT2D eigenvalue weighted by molar-refractivity contribution is -0.438. The van der Waals surface area contributed by atoms with Crippen LogP contribution in [0.25, 0.3) is 21.5 Å². The minimum Gasteiger partial charge on any atom is -0.384 e. The number of nitrogens with zero attached hydrogens (tertiary/aromatic N) is 3. The zero-order valence-corrected chi connectivity index (χ0v) is 47.8. The van der Waals surface area contributed by atoms with Crippen molar-refractivity contribution < 1.29 is 53.1 Å². The van der Waals surface area contributed by atoms with Crippen LogP contribution in [0.1, 0.15) is 87.7 Å². The maximum absolute atomic E-state index is 13.8. The molecule has 5 aromatic rings. The third-order valence-corrected chi connectivity index (χ3v) is 16.7. The molecule has 0 aromatic heterocycles. The number of anilines is 3. The topological polar surface area (TPSA) is 269 Å². The molecule has 0 bridgehead atoms. The first-order chi connectivity index (χ1) is 37.4. The number of amides is 2. The number of carbonyl (C=O) groups is 2. The van der Waals surface area contributed by atoms with Crippen molar-refractivity contribution in [3.8, 4) is 0 Å². The van der Waals surface area contributed by atoms with Gasteiger partial charge in [-0.15, -0.1) is 0 Å². The van der Waals surface area contributed by atoms with E-state index >= 15 is 0 Å². The molecule has 18 nitrogen and oxygen atoms in total. The molecule has 5 aromatic carbocycles. The van der Waals surface area contributed by atoms with Crippen molar-refractivity contribution in [3.63, 3.8) is 0 Å². The van der Waals surface area contributed by atoms with E-state index in [4.69, 9.17) is 5.73 Å².